The first kappa shape index (κ1) is 36.7. The summed E-state index contributed by atoms with van der Waals surface area (Å²) in [4.78, 5) is 63.3. The minimum atomic E-state index is -1.59. The van der Waals surface area contributed by atoms with Crippen molar-refractivity contribution in [3.63, 3.8) is 0 Å². The summed E-state index contributed by atoms with van der Waals surface area (Å²) >= 11 is 0. The van der Waals surface area contributed by atoms with Crippen LogP contribution in [0.1, 0.15) is 54.9 Å². The molecule has 280 valence electrons. The summed E-state index contributed by atoms with van der Waals surface area (Å²) in [5.74, 6) is -2.51. The Labute approximate surface area is 307 Å². The summed E-state index contributed by atoms with van der Waals surface area (Å²) in [5, 5.41) is 10.2. The summed E-state index contributed by atoms with van der Waals surface area (Å²) in [6.45, 7) is 8.09. The lowest BCUT2D eigenvalue weighted by Crippen LogP contribution is -2.72. The fraction of sp³-hybridized carbons (Fsp3) is 0.462. The number of aromatic nitrogens is 1. The van der Waals surface area contributed by atoms with Gasteiger partial charge in [0.25, 0.3) is 0 Å². The molecule has 2 aliphatic carbocycles. The third-order valence-electron chi connectivity index (χ3n) is 11.5. The average molecular weight is 747 g/mol. The molecule has 2 spiro atoms. The molecule has 2 aliphatic heterocycles. The molecule has 0 radical (unpaired) electrons. The molecular weight excluding hydrogens is 703 g/mol. The van der Waals surface area contributed by atoms with Crippen LogP contribution in [0.4, 0.5) is 19.4 Å². The van der Waals surface area contributed by atoms with Crippen LogP contribution in [0.15, 0.2) is 54.7 Å². The van der Waals surface area contributed by atoms with Crippen LogP contribution in [0.5, 0.6) is 5.75 Å². The second kappa shape index (κ2) is 13.3. The van der Waals surface area contributed by atoms with E-state index in [4.69, 9.17) is 9.47 Å². The summed E-state index contributed by atoms with van der Waals surface area (Å²) in [7, 11) is -1.32. The van der Waals surface area contributed by atoms with Gasteiger partial charge in [-0.05, 0) is 85.7 Å². The number of nitrogens with zero attached hydrogens (tertiary/aromatic N) is 4. The zero-order valence-electron chi connectivity index (χ0n) is 30.4. The highest BCUT2D eigenvalue weighted by molar-refractivity contribution is 6.76. The first-order valence-corrected chi connectivity index (χ1v) is 21.7. The van der Waals surface area contributed by atoms with Crippen molar-refractivity contribution in [3.05, 3.63) is 88.6 Å². The second-order valence-corrected chi connectivity index (χ2v) is 21.8. The SMILES string of the molecule is C[C@@]1(c2cc(F)cc(F)c2)CN(C(=O)O)C2(CCCC2)C(=O)N1CC(=O)Oc1ccc2c(c1)C[C@@]1(C2)C(=O)N(COCC[Si](C)(C)C)c2ncccc21. The van der Waals surface area contributed by atoms with E-state index >= 15 is 0 Å². The molecule has 3 heterocycles. The number of hydrogen-bond acceptors (Lipinski definition) is 7. The number of pyridine rings is 1. The molecule has 0 unspecified atom stereocenters. The Morgan fingerprint density at radius 2 is 1.66 bits per heavy atom. The minimum Gasteiger partial charge on any atom is -0.465 e. The van der Waals surface area contributed by atoms with E-state index in [2.05, 4.69) is 24.6 Å². The Bertz CT molecular complexity index is 1980. The van der Waals surface area contributed by atoms with E-state index in [1.165, 1.54) is 11.8 Å². The highest BCUT2D eigenvalue weighted by Crippen LogP contribution is 2.50. The van der Waals surface area contributed by atoms with Gasteiger partial charge in [0.1, 0.15) is 42.0 Å². The lowest BCUT2D eigenvalue weighted by molar-refractivity contribution is -0.167. The van der Waals surface area contributed by atoms with Gasteiger partial charge < -0.3 is 19.5 Å². The van der Waals surface area contributed by atoms with Gasteiger partial charge in [-0.15, -0.1) is 0 Å². The number of halogens is 2. The molecule has 0 bridgehead atoms. The summed E-state index contributed by atoms with van der Waals surface area (Å²) in [6, 6.07) is 12.7. The third-order valence-corrected chi connectivity index (χ3v) is 13.2. The molecule has 2 atom stereocenters. The molecule has 1 saturated heterocycles. The van der Waals surface area contributed by atoms with Crippen molar-refractivity contribution in [2.75, 3.05) is 31.3 Å². The van der Waals surface area contributed by atoms with Crippen molar-refractivity contribution in [3.8, 4) is 5.75 Å². The maximum Gasteiger partial charge on any atom is 0.408 e. The van der Waals surface area contributed by atoms with E-state index in [1.807, 2.05) is 18.2 Å². The number of carboxylic acid groups (broad SMARTS) is 1. The van der Waals surface area contributed by atoms with Crippen LogP contribution in [0, 0.1) is 11.6 Å². The van der Waals surface area contributed by atoms with Crippen LogP contribution >= 0.6 is 0 Å². The van der Waals surface area contributed by atoms with Gasteiger partial charge in [-0.25, -0.2) is 23.4 Å². The molecule has 2 aromatic carbocycles. The molecule has 1 N–H and O–H groups in total. The average Bonchev–Trinajstić information content (AvgIpc) is 3.79. The number of hydrogen-bond donors (Lipinski definition) is 1. The molecule has 2 fully saturated rings. The summed E-state index contributed by atoms with van der Waals surface area (Å²) < 4.78 is 40.9. The molecule has 4 aliphatic rings. The van der Waals surface area contributed by atoms with E-state index in [0.29, 0.717) is 44.2 Å². The minimum absolute atomic E-state index is 0.0181. The zero-order valence-corrected chi connectivity index (χ0v) is 31.4. The number of amides is 3. The number of fused-ring (bicyclic) bond motifs is 3. The molecule has 3 amide bonds. The number of carbonyl (C=O) groups excluding carboxylic acids is 3. The van der Waals surface area contributed by atoms with Crippen molar-refractivity contribution in [1.29, 1.82) is 0 Å². The molecule has 1 aromatic heterocycles. The van der Waals surface area contributed by atoms with Crippen molar-refractivity contribution in [1.82, 2.24) is 14.8 Å². The lowest BCUT2D eigenvalue weighted by atomic mass is 9.79. The number of carbonyl (C=O) groups is 4. The van der Waals surface area contributed by atoms with Crippen molar-refractivity contribution >= 4 is 37.8 Å². The van der Waals surface area contributed by atoms with Crippen molar-refractivity contribution in [2.24, 2.45) is 0 Å². The number of ether oxygens (including phenoxy) is 2. The smallest absolute Gasteiger partial charge is 0.408 e. The monoisotopic (exact) mass is 746 g/mol. The first-order chi connectivity index (χ1) is 25.1. The van der Waals surface area contributed by atoms with Gasteiger partial charge in [0.2, 0.25) is 11.8 Å². The van der Waals surface area contributed by atoms with E-state index in [0.717, 1.165) is 39.8 Å². The Morgan fingerprint density at radius 3 is 2.34 bits per heavy atom. The van der Waals surface area contributed by atoms with Gasteiger partial charge in [-0.2, -0.15) is 0 Å². The summed E-state index contributed by atoms with van der Waals surface area (Å²) in [5.41, 5.74) is -1.28. The standard InChI is InChI=1S/C39H44F2N4O7Si/c1-37(27-17-28(40)19-29(41)18-27)23-45(36(49)50)39(11-5-6-12-39)35(48)44(37)22-32(46)52-30-10-9-25-20-38(21-26(25)16-30)31-8-7-13-42-33(31)43(34(38)47)24-51-14-15-53(2,3)4/h7-10,13,16-19H,5-6,11-12,14-15,20-24H2,1-4H3,(H,49,50)/t37-,38+/m0/s1. The second-order valence-electron chi connectivity index (χ2n) is 16.2. The maximum absolute atomic E-state index is 14.5. The molecular formula is C39H44F2N4O7Si. The van der Waals surface area contributed by atoms with Gasteiger partial charge >= 0.3 is 12.1 Å². The van der Waals surface area contributed by atoms with E-state index in [-0.39, 0.29) is 43.3 Å². The Morgan fingerprint density at radius 1 is 0.962 bits per heavy atom. The number of benzene rings is 2. The Hall–Kier alpha value is -4.69. The van der Waals surface area contributed by atoms with Gasteiger partial charge in [-0.3, -0.25) is 19.4 Å². The van der Waals surface area contributed by atoms with Gasteiger partial charge in [0, 0.05) is 32.5 Å². The fourth-order valence-electron chi connectivity index (χ4n) is 8.65. The van der Waals surface area contributed by atoms with Crippen LogP contribution in [0.2, 0.25) is 25.7 Å². The summed E-state index contributed by atoms with van der Waals surface area (Å²) in [6.07, 6.45) is 2.90. The fourth-order valence-corrected chi connectivity index (χ4v) is 9.40. The molecule has 3 aromatic rings. The number of esters is 1. The van der Waals surface area contributed by atoms with Crippen molar-refractivity contribution < 1.29 is 42.5 Å². The third kappa shape index (κ3) is 6.39. The van der Waals surface area contributed by atoms with E-state index in [9.17, 15) is 33.1 Å². The van der Waals surface area contributed by atoms with Gasteiger partial charge in [0.05, 0.1) is 17.5 Å². The van der Waals surface area contributed by atoms with E-state index in [1.54, 1.807) is 23.2 Å². The highest BCUT2D eigenvalue weighted by Gasteiger charge is 2.60. The maximum atomic E-state index is 14.5. The molecule has 7 rings (SSSR count). The Kier molecular flexibility index (Phi) is 9.20. The lowest BCUT2D eigenvalue weighted by Gasteiger charge is -2.55. The highest BCUT2D eigenvalue weighted by atomic mass is 28.3. The van der Waals surface area contributed by atoms with Crippen LogP contribution in [0.25, 0.3) is 0 Å². The van der Waals surface area contributed by atoms with Gasteiger partial charge in [0.15, 0.2) is 0 Å². The Balaban J connectivity index is 1.12. The van der Waals surface area contributed by atoms with Gasteiger partial charge in [-0.1, -0.05) is 44.6 Å². The van der Waals surface area contributed by atoms with Crippen LogP contribution in [0.3, 0.4) is 0 Å². The van der Waals surface area contributed by atoms with Crippen molar-refractivity contribution in [2.45, 2.75) is 87.6 Å². The number of rotatable bonds is 9. The number of anilines is 1. The zero-order chi connectivity index (χ0) is 37.9. The largest absolute Gasteiger partial charge is 0.465 e. The van der Waals surface area contributed by atoms with Crippen LogP contribution in [-0.4, -0.2) is 83.8 Å². The number of piperazine rings is 1. The van der Waals surface area contributed by atoms with Crippen LogP contribution < -0.4 is 9.64 Å². The predicted octanol–water partition coefficient (Wildman–Crippen LogP) is 6.01. The molecule has 1 saturated carbocycles. The normalized spacial score (nSPS) is 23.2. The van der Waals surface area contributed by atoms with E-state index < -0.39 is 60.7 Å². The molecule has 14 heteroatoms. The van der Waals surface area contributed by atoms with Crippen LogP contribution in [-0.2, 0) is 42.9 Å². The predicted molar refractivity (Wildman–Crippen MR) is 193 cm³/mol. The topological polar surface area (TPSA) is 130 Å². The quantitative estimate of drug-likeness (QED) is 0.122. The first-order valence-electron chi connectivity index (χ1n) is 18.0. The molecule has 11 nitrogen and oxygen atoms in total. The molecule has 53 heavy (non-hydrogen) atoms.